The number of aliphatic imine (C=N–C) groups is 1. The molecule has 126 valence electrons. The van der Waals surface area contributed by atoms with Gasteiger partial charge in [0, 0.05) is 22.7 Å². The minimum Gasteiger partial charge on any atom is -0.256 e. The molecule has 26 heavy (non-hydrogen) atoms. The zero-order valence-electron chi connectivity index (χ0n) is 14.4. The van der Waals surface area contributed by atoms with Crippen molar-refractivity contribution in [3.8, 4) is 0 Å². The van der Waals surface area contributed by atoms with Crippen molar-refractivity contribution in [2.45, 2.75) is 6.92 Å². The average molecular weight is 357 g/mol. The van der Waals surface area contributed by atoms with Crippen LogP contribution in [0.25, 0.3) is 10.9 Å². The summed E-state index contributed by atoms with van der Waals surface area (Å²) in [6.45, 7) is 2.05. The molecule has 3 aromatic carbocycles. The highest BCUT2D eigenvalue weighted by Crippen LogP contribution is 2.30. The molecule has 0 N–H and O–H groups in total. The third-order valence-corrected chi connectivity index (χ3v) is 4.66. The molecular formula is C23H17ClN2. The normalized spacial score (nSPS) is 10.7. The second-order valence-electron chi connectivity index (χ2n) is 6.14. The lowest BCUT2D eigenvalue weighted by Crippen LogP contribution is -2.02. The average Bonchev–Trinajstić information content (AvgIpc) is 2.68. The number of nitrogens with zero attached hydrogens (tertiary/aromatic N) is 2. The molecule has 0 saturated heterocycles. The van der Waals surface area contributed by atoms with Crippen LogP contribution in [0, 0.1) is 6.92 Å². The van der Waals surface area contributed by atoms with Gasteiger partial charge in [0.25, 0.3) is 0 Å². The highest BCUT2D eigenvalue weighted by molar-refractivity contribution is 6.35. The molecule has 0 aliphatic carbocycles. The molecule has 0 atom stereocenters. The molecule has 0 bridgehead atoms. The van der Waals surface area contributed by atoms with E-state index in [1.807, 2.05) is 54.6 Å². The van der Waals surface area contributed by atoms with Gasteiger partial charge in [0.2, 0.25) is 0 Å². The number of rotatable bonds is 3. The summed E-state index contributed by atoms with van der Waals surface area (Å²) in [5.41, 5.74) is 5.95. The van der Waals surface area contributed by atoms with E-state index in [4.69, 9.17) is 16.6 Å². The molecule has 4 rings (SSSR count). The maximum atomic E-state index is 6.36. The molecule has 0 spiro atoms. The van der Waals surface area contributed by atoms with Crippen LogP contribution in [0.1, 0.15) is 16.7 Å². The van der Waals surface area contributed by atoms with Crippen LogP contribution in [0.3, 0.4) is 0 Å². The van der Waals surface area contributed by atoms with Crippen LogP contribution < -0.4 is 0 Å². The maximum absolute atomic E-state index is 6.36. The molecule has 0 fully saturated rings. The van der Waals surface area contributed by atoms with Crippen LogP contribution in [-0.2, 0) is 0 Å². The number of aryl methyl sites for hydroxylation is 1. The van der Waals surface area contributed by atoms with Gasteiger partial charge in [-0.1, -0.05) is 72.3 Å². The van der Waals surface area contributed by atoms with Crippen LogP contribution >= 0.6 is 11.6 Å². The molecule has 4 aromatic rings. The second kappa shape index (κ2) is 7.11. The van der Waals surface area contributed by atoms with E-state index in [0.717, 1.165) is 39.0 Å². The molecular weight excluding hydrogens is 340 g/mol. The summed E-state index contributed by atoms with van der Waals surface area (Å²) in [6, 6.07) is 26.3. The Morgan fingerprint density at radius 1 is 0.846 bits per heavy atom. The van der Waals surface area contributed by atoms with Gasteiger partial charge in [0.1, 0.15) is 0 Å². The fourth-order valence-electron chi connectivity index (χ4n) is 2.98. The van der Waals surface area contributed by atoms with Crippen molar-refractivity contribution in [2.75, 3.05) is 0 Å². The van der Waals surface area contributed by atoms with Crippen molar-refractivity contribution >= 4 is 33.9 Å². The molecule has 0 radical (unpaired) electrons. The van der Waals surface area contributed by atoms with Crippen LogP contribution in [0.15, 0.2) is 90.1 Å². The number of hydrogen-bond donors (Lipinski definition) is 0. The lowest BCUT2D eigenvalue weighted by atomic mass is 10.0. The molecule has 0 aliphatic heterocycles. The zero-order valence-corrected chi connectivity index (χ0v) is 15.1. The summed E-state index contributed by atoms with van der Waals surface area (Å²) in [5, 5.41) is 1.60. The van der Waals surface area contributed by atoms with Crippen molar-refractivity contribution in [2.24, 2.45) is 4.99 Å². The summed E-state index contributed by atoms with van der Waals surface area (Å²) in [6.07, 6.45) is 1.73. The highest BCUT2D eigenvalue weighted by Gasteiger charge is 2.10. The first-order valence-electron chi connectivity index (χ1n) is 8.47. The molecule has 0 unspecified atom stereocenters. The molecule has 3 heteroatoms. The van der Waals surface area contributed by atoms with E-state index in [9.17, 15) is 0 Å². The van der Waals surface area contributed by atoms with E-state index in [0.29, 0.717) is 5.02 Å². The van der Waals surface area contributed by atoms with Gasteiger partial charge in [-0.05, 0) is 30.7 Å². The summed E-state index contributed by atoms with van der Waals surface area (Å²) >= 11 is 6.36. The standard InChI is InChI=1S/C23H17ClN2/c1-16-14-22-19(20(24)12-13-25-22)15-21(16)26-23(17-8-4-2-5-9-17)18-10-6-3-7-11-18/h2-15H,1H3. The monoisotopic (exact) mass is 356 g/mol. The molecule has 1 aromatic heterocycles. The number of hydrogen-bond acceptors (Lipinski definition) is 2. The molecule has 0 aliphatic rings. The van der Waals surface area contributed by atoms with E-state index in [-0.39, 0.29) is 0 Å². The van der Waals surface area contributed by atoms with Gasteiger partial charge in [-0.3, -0.25) is 4.98 Å². The van der Waals surface area contributed by atoms with Crippen LogP contribution in [-0.4, -0.2) is 10.7 Å². The molecule has 1 heterocycles. The van der Waals surface area contributed by atoms with Gasteiger partial charge >= 0.3 is 0 Å². The Bertz CT molecular complexity index is 1050. The van der Waals surface area contributed by atoms with E-state index in [2.05, 4.69) is 36.2 Å². The lowest BCUT2D eigenvalue weighted by molar-refractivity contribution is 1.36. The fraction of sp³-hybridized carbons (Fsp3) is 0.0435. The highest BCUT2D eigenvalue weighted by atomic mass is 35.5. The number of fused-ring (bicyclic) bond motifs is 1. The van der Waals surface area contributed by atoms with Crippen molar-refractivity contribution in [1.29, 1.82) is 0 Å². The summed E-state index contributed by atoms with van der Waals surface area (Å²) in [5.74, 6) is 0. The van der Waals surface area contributed by atoms with Gasteiger partial charge in [-0.25, -0.2) is 4.99 Å². The first-order chi connectivity index (χ1) is 12.7. The molecule has 0 amide bonds. The summed E-state index contributed by atoms with van der Waals surface area (Å²) < 4.78 is 0. The van der Waals surface area contributed by atoms with E-state index < -0.39 is 0 Å². The molecule has 2 nitrogen and oxygen atoms in total. The Kier molecular flexibility index (Phi) is 4.51. The third kappa shape index (κ3) is 3.24. The van der Waals surface area contributed by atoms with Crippen molar-refractivity contribution < 1.29 is 0 Å². The van der Waals surface area contributed by atoms with E-state index in [1.54, 1.807) is 6.20 Å². The number of benzene rings is 3. The lowest BCUT2D eigenvalue weighted by Gasteiger charge is -2.10. The van der Waals surface area contributed by atoms with Gasteiger partial charge in [0.05, 0.1) is 21.9 Å². The van der Waals surface area contributed by atoms with Crippen LogP contribution in [0.2, 0.25) is 5.02 Å². The summed E-state index contributed by atoms with van der Waals surface area (Å²) in [4.78, 5) is 9.43. The van der Waals surface area contributed by atoms with Crippen molar-refractivity contribution in [1.82, 2.24) is 4.98 Å². The number of halogens is 1. The van der Waals surface area contributed by atoms with Crippen molar-refractivity contribution in [3.63, 3.8) is 0 Å². The van der Waals surface area contributed by atoms with Crippen molar-refractivity contribution in [3.05, 3.63) is 107 Å². The Morgan fingerprint density at radius 3 is 2.08 bits per heavy atom. The Labute approximate surface area is 157 Å². The van der Waals surface area contributed by atoms with Gasteiger partial charge in [0.15, 0.2) is 0 Å². The predicted octanol–water partition coefficient (Wildman–Crippen LogP) is 6.37. The fourth-order valence-corrected chi connectivity index (χ4v) is 3.19. The number of pyridine rings is 1. The Hall–Kier alpha value is -2.97. The van der Waals surface area contributed by atoms with Gasteiger partial charge in [-0.2, -0.15) is 0 Å². The summed E-state index contributed by atoms with van der Waals surface area (Å²) in [7, 11) is 0. The number of aromatic nitrogens is 1. The minimum atomic E-state index is 0.687. The SMILES string of the molecule is Cc1cc2nccc(Cl)c2cc1N=C(c1ccccc1)c1ccccc1. The quantitative estimate of drug-likeness (QED) is 0.392. The predicted molar refractivity (Wildman–Crippen MR) is 110 cm³/mol. The smallest absolute Gasteiger partial charge is 0.0781 e. The second-order valence-corrected chi connectivity index (χ2v) is 6.55. The Balaban J connectivity index is 1.94. The largest absolute Gasteiger partial charge is 0.256 e. The first-order valence-corrected chi connectivity index (χ1v) is 8.84. The van der Waals surface area contributed by atoms with E-state index in [1.165, 1.54) is 0 Å². The van der Waals surface area contributed by atoms with E-state index >= 15 is 0 Å². The van der Waals surface area contributed by atoms with Gasteiger partial charge < -0.3 is 0 Å². The van der Waals surface area contributed by atoms with Gasteiger partial charge in [-0.15, -0.1) is 0 Å². The van der Waals surface area contributed by atoms with Crippen LogP contribution in [0.5, 0.6) is 0 Å². The first kappa shape index (κ1) is 16.5. The zero-order chi connectivity index (χ0) is 17.9. The molecule has 0 saturated carbocycles. The third-order valence-electron chi connectivity index (χ3n) is 4.33. The Morgan fingerprint density at radius 2 is 1.46 bits per heavy atom. The topological polar surface area (TPSA) is 25.2 Å². The van der Waals surface area contributed by atoms with Crippen LogP contribution in [0.4, 0.5) is 5.69 Å². The minimum absolute atomic E-state index is 0.687. The maximum Gasteiger partial charge on any atom is 0.0781 e.